The van der Waals surface area contributed by atoms with Crippen molar-refractivity contribution in [3.05, 3.63) is 29.3 Å². The number of hydrogen-bond donors (Lipinski definition) is 1. The number of aryl methyl sites for hydroxylation is 1. The predicted molar refractivity (Wildman–Crippen MR) is 73.1 cm³/mol. The summed E-state index contributed by atoms with van der Waals surface area (Å²) < 4.78 is 5.95. The van der Waals surface area contributed by atoms with Crippen molar-refractivity contribution in [2.24, 2.45) is 0 Å². The SMILES string of the molecule is Cc1ccc2c(c1)CC(CN(C)C(C)(C)CO)O2. The summed E-state index contributed by atoms with van der Waals surface area (Å²) >= 11 is 0. The fourth-order valence-corrected chi connectivity index (χ4v) is 2.22. The van der Waals surface area contributed by atoms with E-state index in [1.165, 1.54) is 11.1 Å². The molecule has 100 valence electrons. The van der Waals surface area contributed by atoms with Crippen molar-refractivity contribution in [2.75, 3.05) is 20.2 Å². The summed E-state index contributed by atoms with van der Waals surface area (Å²) in [6.45, 7) is 7.18. The highest BCUT2D eigenvalue weighted by Gasteiger charge is 2.29. The van der Waals surface area contributed by atoms with Crippen LogP contribution in [0.15, 0.2) is 18.2 Å². The molecular formula is C15H23NO2. The van der Waals surface area contributed by atoms with Gasteiger partial charge in [0.05, 0.1) is 6.61 Å². The zero-order valence-electron chi connectivity index (χ0n) is 11.7. The Labute approximate surface area is 109 Å². The molecule has 0 fully saturated rings. The van der Waals surface area contributed by atoms with Gasteiger partial charge in [0.15, 0.2) is 0 Å². The smallest absolute Gasteiger partial charge is 0.123 e. The van der Waals surface area contributed by atoms with Crippen molar-refractivity contribution in [1.29, 1.82) is 0 Å². The van der Waals surface area contributed by atoms with E-state index in [1.807, 2.05) is 20.9 Å². The third-order valence-electron chi connectivity index (χ3n) is 3.86. The molecule has 1 aromatic rings. The number of likely N-dealkylation sites (N-methyl/N-ethyl adjacent to an activating group) is 1. The lowest BCUT2D eigenvalue weighted by Crippen LogP contribution is -2.48. The van der Waals surface area contributed by atoms with Gasteiger partial charge in [0.1, 0.15) is 11.9 Å². The fraction of sp³-hybridized carbons (Fsp3) is 0.600. The maximum atomic E-state index is 9.37. The van der Waals surface area contributed by atoms with E-state index in [0.29, 0.717) is 0 Å². The van der Waals surface area contributed by atoms with Crippen molar-refractivity contribution in [2.45, 2.75) is 38.8 Å². The Hall–Kier alpha value is -1.06. The molecule has 1 aliphatic heterocycles. The zero-order valence-corrected chi connectivity index (χ0v) is 11.7. The fourth-order valence-electron chi connectivity index (χ4n) is 2.22. The molecule has 3 nitrogen and oxygen atoms in total. The molecule has 0 amide bonds. The van der Waals surface area contributed by atoms with Crippen LogP contribution in [0.2, 0.25) is 0 Å². The summed E-state index contributed by atoms with van der Waals surface area (Å²) in [5, 5.41) is 9.37. The maximum Gasteiger partial charge on any atom is 0.123 e. The zero-order chi connectivity index (χ0) is 13.3. The van der Waals surface area contributed by atoms with Crippen LogP contribution in [-0.4, -0.2) is 41.8 Å². The Balaban J connectivity index is 2.00. The van der Waals surface area contributed by atoms with E-state index in [2.05, 4.69) is 30.0 Å². The first-order valence-corrected chi connectivity index (χ1v) is 6.50. The number of hydrogen-bond acceptors (Lipinski definition) is 3. The Kier molecular flexibility index (Phi) is 3.64. The van der Waals surface area contributed by atoms with Crippen LogP contribution in [0.3, 0.4) is 0 Å². The van der Waals surface area contributed by atoms with Gasteiger partial charge in [-0.1, -0.05) is 17.7 Å². The second-order valence-electron chi connectivity index (χ2n) is 5.91. The maximum absolute atomic E-state index is 9.37. The highest BCUT2D eigenvalue weighted by Crippen LogP contribution is 2.30. The molecule has 1 unspecified atom stereocenters. The van der Waals surface area contributed by atoms with Crippen LogP contribution in [-0.2, 0) is 6.42 Å². The number of aliphatic hydroxyl groups is 1. The second kappa shape index (κ2) is 4.90. The minimum absolute atomic E-state index is 0.155. The molecule has 1 aromatic carbocycles. The lowest BCUT2D eigenvalue weighted by Gasteiger charge is -2.35. The largest absolute Gasteiger partial charge is 0.488 e. The van der Waals surface area contributed by atoms with Crippen molar-refractivity contribution >= 4 is 0 Å². The molecule has 0 bridgehead atoms. The molecule has 18 heavy (non-hydrogen) atoms. The van der Waals surface area contributed by atoms with Crippen LogP contribution in [0.5, 0.6) is 5.75 Å². The molecule has 1 N–H and O–H groups in total. The van der Waals surface area contributed by atoms with Crippen LogP contribution in [0.4, 0.5) is 0 Å². The number of fused-ring (bicyclic) bond motifs is 1. The molecule has 0 aromatic heterocycles. The average molecular weight is 249 g/mol. The lowest BCUT2D eigenvalue weighted by molar-refractivity contribution is 0.0498. The van der Waals surface area contributed by atoms with Gasteiger partial charge < -0.3 is 9.84 Å². The molecule has 0 radical (unpaired) electrons. The Morgan fingerprint density at radius 3 is 2.83 bits per heavy atom. The molecule has 0 saturated carbocycles. The molecule has 0 aliphatic carbocycles. The average Bonchev–Trinajstić information content (AvgIpc) is 2.70. The van der Waals surface area contributed by atoms with Crippen molar-refractivity contribution in [3.63, 3.8) is 0 Å². The van der Waals surface area contributed by atoms with E-state index in [1.54, 1.807) is 0 Å². The van der Waals surface area contributed by atoms with E-state index in [0.717, 1.165) is 18.7 Å². The van der Waals surface area contributed by atoms with Crippen molar-refractivity contribution in [1.82, 2.24) is 4.90 Å². The second-order valence-corrected chi connectivity index (χ2v) is 5.91. The summed E-state index contributed by atoms with van der Waals surface area (Å²) in [5.41, 5.74) is 2.38. The third kappa shape index (κ3) is 2.68. The van der Waals surface area contributed by atoms with Gasteiger partial charge in [-0.15, -0.1) is 0 Å². The highest BCUT2D eigenvalue weighted by atomic mass is 16.5. The molecule has 1 aliphatic rings. The summed E-state index contributed by atoms with van der Waals surface area (Å²) in [7, 11) is 2.04. The monoisotopic (exact) mass is 249 g/mol. The number of ether oxygens (including phenoxy) is 1. The first-order chi connectivity index (χ1) is 8.42. The number of aliphatic hydroxyl groups excluding tert-OH is 1. The van der Waals surface area contributed by atoms with Crippen LogP contribution in [0, 0.1) is 6.92 Å². The molecular weight excluding hydrogens is 226 g/mol. The molecule has 1 atom stereocenters. The van der Waals surface area contributed by atoms with E-state index < -0.39 is 0 Å². The van der Waals surface area contributed by atoms with E-state index in [4.69, 9.17) is 4.74 Å². The van der Waals surface area contributed by atoms with Gasteiger partial charge in [-0.2, -0.15) is 0 Å². The van der Waals surface area contributed by atoms with Crippen LogP contribution >= 0.6 is 0 Å². The van der Waals surface area contributed by atoms with Gasteiger partial charge in [0.25, 0.3) is 0 Å². The first kappa shape index (κ1) is 13.4. The Morgan fingerprint density at radius 1 is 1.44 bits per heavy atom. The Morgan fingerprint density at radius 2 is 2.17 bits per heavy atom. The highest BCUT2D eigenvalue weighted by molar-refractivity contribution is 5.40. The van der Waals surface area contributed by atoms with Crippen LogP contribution in [0.1, 0.15) is 25.0 Å². The minimum atomic E-state index is -0.200. The topological polar surface area (TPSA) is 32.7 Å². The number of rotatable bonds is 4. The van der Waals surface area contributed by atoms with E-state index in [9.17, 15) is 5.11 Å². The number of benzene rings is 1. The Bertz CT molecular complexity index is 429. The molecule has 0 spiro atoms. The molecule has 1 heterocycles. The molecule has 0 saturated heterocycles. The van der Waals surface area contributed by atoms with Gasteiger partial charge >= 0.3 is 0 Å². The summed E-state index contributed by atoms with van der Waals surface area (Å²) in [6, 6.07) is 6.34. The van der Waals surface area contributed by atoms with E-state index in [-0.39, 0.29) is 18.2 Å². The molecule has 2 rings (SSSR count). The quantitative estimate of drug-likeness (QED) is 0.886. The van der Waals surface area contributed by atoms with Gasteiger partial charge in [-0.3, -0.25) is 4.90 Å². The summed E-state index contributed by atoms with van der Waals surface area (Å²) in [6.07, 6.45) is 1.15. The van der Waals surface area contributed by atoms with Gasteiger partial charge in [0, 0.05) is 18.5 Å². The van der Waals surface area contributed by atoms with Crippen LogP contribution in [0.25, 0.3) is 0 Å². The van der Waals surface area contributed by atoms with Gasteiger partial charge in [-0.25, -0.2) is 0 Å². The minimum Gasteiger partial charge on any atom is -0.488 e. The first-order valence-electron chi connectivity index (χ1n) is 6.50. The lowest BCUT2D eigenvalue weighted by atomic mass is 10.0. The summed E-state index contributed by atoms with van der Waals surface area (Å²) in [4.78, 5) is 2.16. The standard InChI is InChI=1S/C15H23NO2/c1-11-5-6-14-12(7-11)8-13(18-14)9-16(4)15(2,3)10-17/h5-7,13,17H,8-10H2,1-4H3. The number of nitrogens with zero attached hydrogens (tertiary/aromatic N) is 1. The van der Waals surface area contributed by atoms with Crippen LogP contribution < -0.4 is 4.74 Å². The van der Waals surface area contributed by atoms with Gasteiger partial charge in [0.2, 0.25) is 0 Å². The summed E-state index contributed by atoms with van der Waals surface area (Å²) in [5.74, 6) is 1.01. The van der Waals surface area contributed by atoms with Gasteiger partial charge in [-0.05, 0) is 39.4 Å². The van der Waals surface area contributed by atoms with Crippen molar-refractivity contribution in [3.8, 4) is 5.75 Å². The van der Waals surface area contributed by atoms with Crippen molar-refractivity contribution < 1.29 is 9.84 Å². The predicted octanol–water partition coefficient (Wildman–Crippen LogP) is 2.00. The molecule has 3 heteroatoms. The third-order valence-corrected chi connectivity index (χ3v) is 3.86. The normalized spacial score (nSPS) is 18.9. The van der Waals surface area contributed by atoms with E-state index >= 15 is 0 Å².